The molecule has 23 heavy (non-hydrogen) atoms. The zero-order valence-corrected chi connectivity index (χ0v) is 15.0. The first-order valence-corrected chi connectivity index (χ1v) is 9.18. The molecule has 0 N–H and O–H groups in total. The molecule has 0 unspecified atom stereocenters. The Hall–Kier alpha value is -1.17. The van der Waals surface area contributed by atoms with Gasteiger partial charge in [-0.2, -0.15) is 0 Å². The minimum atomic E-state index is 0.219. The number of carbonyl (C=O) groups is 1. The lowest BCUT2D eigenvalue weighted by molar-refractivity contribution is -0.130. The van der Waals surface area contributed by atoms with Crippen LogP contribution in [-0.4, -0.2) is 60.5 Å². The molecule has 0 atom stereocenters. The zero-order valence-electron chi connectivity index (χ0n) is 13.5. The van der Waals surface area contributed by atoms with Crippen molar-refractivity contribution >= 4 is 29.3 Å². The van der Waals surface area contributed by atoms with Gasteiger partial charge in [0.15, 0.2) is 0 Å². The first-order chi connectivity index (χ1) is 11.1. The first-order valence-electron chi connectivity index (χ1n) is 7.65. The Kier molecular flexibility index (Phi) is 7.27. The molecule has 1 heterocycles. The molecular weight excluding hydrogens is 332 g/mol. The van der Waals surface area contributed by atoms with Crippen molar-refractivity contribution in [1.82, 2.24) is 9.80 Å². The van der Waals surface area contributed by atoms with Crippen LogP contribution in [0.1, 0.15) is 5.56 Å². The van der Waals surface area contributed by atoms with Crippen LogP contribution >= 0.6 is 23.4 Å². The number of benzene rings is 1. The average molecular weight is 355 g/mol. The molecule has 0 spiro atoms. The molecule has 1 aliphatic rings. The Morgan fingerprint density at radius 3 is 2.78 bits per heavy atom. The predicted molar refractivity (Wildman–Crippen MR) is 97.4 cm³/mol. The molecular formula is C17H23ClN2O2S. The maximum atomic E-state index is 12.1. The Bertz CT molecular complexity index is 545. The lowest BCUT2D eigenvalue weighted by Gasteiger charge is -2.35. The third-order valence-electron chi connectivity index (χ3n) is 3.82. The smallest absolute Gasteiger partial charge is 0.232 e. The van der Waals surface area contributed by atoms with Gasteiger partial charge in [0.1, 0.15) is 5.75 Å². The van der Waals surface area contributed by atoms with Crippen molar-refractivity contribution < 1.29 is 9.53 Å². The standard InChI is InChI=1S/C17H23ClN2O2S/c1-3-10-23-13-17(21)20-8-6-19(7-9-20)12-14-11-15(18)4-5-16(14)22-2/h3-5,11H,1,6-10,12-13H2,2H3. The highest BCUT2D eigenvalue weighted by atomic mass is 35.5. The molecule has 1 aliphatic heterocycles. The van der Waals surface area contributed by atoms with Crippen LogP contribution in [0.25, 0.3) is 0 Å². The fourth-order valence-corrected chi connectivity index (χ4v) is 3.42. The summed E-state index contributed by atoms with van der Waals surface area (Å²) in [5.41, 5.74) is 1.08. The highest BCUT2D eigenvalue weighted by Gasteiger charge is 2.21. The number of rotatable bonds is 7. The van der Waals surface area contributed by atoms with Gasteiger partial charge in [0, 0.05) is 49.1 Å². The molecule has 126 valence electrons. The summed E-state index contributed by atoms with van der Waals surface area (Å²) < 4.78 is 5.40. The van der Waals surface area contributed by atoms with E-state index >= 15 is 0 Å². The number of piperazine rings is 1. The monoisotopic (exact) mass is 354 g/mol. The van der Waals surface area contributed by atoms with Gasteiger partial charge in [0.2, 0.25) is 5.91 Å². The second kappa shape index (κ2) is 9.21. The van der Waals surface area contributed by atoms with Crippen molar-refractivity contribution in [3.05, 3.63) is 41.4 Å². The Balaban J connectivity index is 1.84. The van der Waals surface area contributed by atoms with Gasteiger partial charge in [-0.25, -0.2) is 0 Å². The van der Waals surface area contributed by atoms with E-state index in [9.17, 15) is 4.79 Å². The summed E-state index contributed by atoms with van der Waals surface area (Å²) in [4.78, 5) is 16.4. The van der Waals surface area contributed by atoms with Crippen LogP contribution in [-0.2, 0) is 11.3 Å². The molecule has 0 aromatic heterocycles. The Morgan fingerprint density at radius 1 is 1.39 bits per heavy atom. The van der Waals surface area contributed by atoms with Crippen LogP contribution in [0.3, 0.4) is 0 Å². The first kappa shape index (κ1) is 18.2. The van der Waals surface area contributed by atoms with Gasteiger partial charge >= 0.3 is 0 Å². The number of thioether (sulfide) groups is 1. The lowest BCUT2D eigenvalue weighted by atomic mass is 10.1. The molecule has 0 radical (unpaired) electrons. The molecule has 1 aromatic carbocycles. The molecule has 0 aliphatic carbocycles. The van der Waals surface area contributed by atoms with Crippen molar-refractivity contribution in [3.8, 4) is 5.75 Å². The quantitative estimate of drug-likeness (QED) is 0.557. The third-order valence-corrected chi connectivity index (χ3v) is 4.98. The van der Waals surface area contributed by atoms with Crippen molar-refractivity contribution in [1.29, 1.82) is 0 Å². The maximum Gasteiger partial charge on any atom is 0.232 e. The molecule has 1 aromatic rings. The topological polar surface area (TPSA) is 32.8 Å². The number of hydrogen-bond acceptors (Lipinski definition) is 4. The second-order valence-electron chi connectivity index (χ2n) is 5.42. The molecule has 0 bridgehead atoms. The van der Waals surface area contributed by atoms with E-state index in [2.05, 4.69) is 11.5 Å². The Morgan fingerprint density at radius 2 is 2.13 bits per heavy atom. The predicted octanol–water partition coefficient (Wildman–Crippen LogP) is 2.91. The number of halogens is 1. The molecule has 0 saturated carbocycles. The zero-order chi connectivity index (χ0) is 16.7. The number of amides is 1. The van der Waals surface area contributed by atoms with Gasteiger partial charge in [-0.1, -0.05) is 17.7 Å². The number of ether oxygens (including phenoxy) is 1. The fraction of sp³-hybridized carbons (Fsp3) is 0.471. The van der Waals surface area contributed by atoms with E-state index in [1.807, 2.05) is 29.2 Å². The third kappa shape index (κ3) is 5.44. The summed E-state index contributed by atoms with van der Waals surface area (Å²) in [6.45, 7) is 7.74. The summed E-state index contributed by atoms with van der Waals surface area (Å²) in [6, 6.07) is 5.68. The highest BCUT2D eigenvalue weighted by Crippen LogP contribution is 2.24. The van der Waals surface area contributed by atoms with Gasteiger partial charge in [0.05, 0.1) is 12.9 Å². The van der Waals surface area contributed by atoms with Crippen molar-refractivity contribution in [2.75, 3.05) is 44.8 Å². The van der Waals surface area contributed by atoms with Crippen LogP contribution in [0.2, 0.25) is 5.02 Å². The van der Waals surface area contributed by atoms with E-state index < -0.39 is 0 Å². The fourth-order valence-electron chi connectivity index (χ4n) is 2.59. The van der Waals surface area contributed by atoms with Gasteiger partial charge < -0.3 is 9.64 Å². The van der Waals surface area contributed by atoms with Crippen LogP contribution in [0.4, 0.5) is 0 Å². The van der Waals surface area contributed by atoms with Gasteiger partial charge in [0.25, 0.3) is 0 Å². The summed E-state index contributed by atoms with van der Waals surface area (Å²) in [5.74, 6) is 2.43. The summed E-state index contributed by atoms with van der Waals surface area (Å²) in [6.07, 6.45) is 1.83. The summed E-state index contributed by atoms with van der Waals surface area (Å²) >= 11 is 7.69. The van der Waals surface area contributed by atoms with E-state index in [-0.39, 0.29) is 5.91 Å². The molecule has 2 rings (SSSR count). The lowest BCUT2D eigenvalue weighted by Crippen LogP contribution is -2.48. The summed E-state index contributed by atoms with van der Waals surface area (Å²) in [7, 11) is 1.67. The molecule has 1 amide bonds. The SMILES string of the molecule is C=CCSCC(=O)N1CCN(Cc2cc(Cl)ccc2OC)CC1. The molecule has 1 saturated heterocycles. The number of methoxy groups -OCH3 is 1. The number of nitrogens with zero attached hydrogens (tertiary/aromatic N) is 2. The van der Waals surface area contributed by atoms with E-state index in [1.54, 1.807) is 18.9 Å². The number of hydrogen-bond donors (Lipinski definition) is 0. The molecule has 4 nitrogen and oxygen atoms in total. The minimum absolute atomic E-state index is 0.219. The van der Waals surface area contributed by atoms with Crippen LogP contribution in [0.5, 0.6) is 5.75 Å². The van der Waals surface area contributed by atoms with E-state index in [0.717, 1.165) is 49.8 Å². The van der Waals surface area contributed by atoms with E-state index in [1.165, 1.54) is 0 Å². The van der Waals surface area contributed by atoms with E-state index in [4.69, 9.17) is 16.3 Å². The van der Waals surface area contributed by atoms with E-state index in [0.29, 0.717) is 10.8 Å². The average Bonchev–Trinajstić information content (AvgIpc) is 2.56. The molecule has 1 fully saturated rings. The minimum Gasteiger partial charge on any atom is -0.496 e. The van der Waals surface area contributed by atoms with Crippen molar-refractivity contribution in [2.45, 2.75) is 6.54 Å². The van der Waals surface area contributed by atoms with Gasteiger partial charge in [-0.3, -0.25) is 9.69 Å². The van der Waals surface area contributed by atoms with Crippen molar-refractivity contribution in [2.24, 2.45) is 0 Å². The maximum absolute atomic E-state index is 12.1. The summed E-state index contributed by atoms with van der Waals surface area (Å²) in [5, 5.41) is 0.717. The van der Waals surface area contributed by atoms with Crippen LogP contribution in [0, 0.1) is 0 Å². The van der Waals surface area contributed by atoms with Gasteiger partial charge in [-0.05, 0) is 18.2 Å². The van der Waals surface area contributed by atoms with Crippen molar-refractivity contribution in [3.63, 3.8) is 0 Å². The van der Waals surface area contributed by atoms with Gasteiger partial charge in [-0.15, -0.1) is 18.3 Å². The Labute approximate surface area is 147 Å². The second-order valence-corrected chi connectivity index (χ2v) is 6.88. The normalized spacial score (nSPS) is 15.5. The largest absolute Gasteiger partial charge is 0.496 e. The van der Waals surface area contributed by atoms with Crippen LogP contribution < -0.4 is 4.74 Å². The van der Waals surface area contributed by atoms with Crippen LogP contribution in [0.15, 0.2) is 30.9 Å². The molecule has 6 heteroatoms. The highest BCUT2D eigenvalue weighted by molar-refractivity contribution is 8.00. The number of carbonyl (C=O) groups excluding carboxylic acids is 1.